The van der Waals surface area contributed by atoms with Crippen molar-refractivity contribution in [2.45, 2.75) is 6.92 Å². The third-order valence-corrected chi connectivity index (χ3v) is 3.78. The van der Waals surface area contributed by atoms with Crippen LogP contribution in [0.5, 0.6) is 28.7 Å². The average molecular weight is 390 g/mol. The molecule has 8 nitrogen and oxygen atoms in total. The molecule has 0 aliphatic heterocycles. The number of esters is 2. The number of hydrogen-bond acceptors (Lipinski definition) is 8. The highest BCUT2D eigenvalue weighted by molar-refractivity contribution is 5.94. The average Bonchev–Trinajstić information content (AvgIpc) is 2.72. The van der Waals surface area contributed by atoms with Crippen LogP contribution >= 0.6 is 0 Å². The lowest BCUT2D eigenvalue weighted by Crippen LogP contribution is -2.11. The summed E-state index contributed by atoms with van der Waals surface area (Å²) in [5.74, 6) is 0.195. The standard InChI is InChI=1S/C20H22O8/c1-6-27-19(21)12-7-8-14(15(9-12)23-2)28-20(22)13-10-16(24-3)18(26-5)17(11-13)25-4/h7-11H,6H2,1-5H3. The highest BCUT2D eigenvalue weighted by Gasteiger charge is 2.20. The SMILES string of the molecule is CCOC(=O)c1ccc(OC(=O)c2cc(OC)c(OC)c(OC)c2)c(OC)c1. The molecule has 0 fully saturated rings. The number of benzene rings is 2. The Bertz CT molecular complexity index is 834. The van der Waals surface area contributed by atoms with Gasteiger partial charge < -0.3 is 28.4 Å². The van der Waals surface area contributed by atoms with Gasteiger partial charge in [0.2, 0.25) is 5.75 Å². The molecule has 2 aromatic carbocycles. The molecule has 0 bridgehead atoms. The fraction of sp³-hybridized carbons (Fsp3) is 0.300. The summed E-state index contributed by atoms with van der Waals surface area (Å²) < 4.78 is 31.3. The normalized spacial score (nSPS) is 10.0. The van der Waals surface area contributed by atoms with E-state index in [-0.39, 0.29) is 29.2 Å². The largest absolute Gasteiger partial charge is 0.493 e. The molecule has 2 aromatic rings. The Morgan fingerprint density at radius 1 is 0.714 bits per heavy atom. The zero-order chi connectivity index (χ0) is 20.7. The Morgan fingerprint density at radius 2 is 1.29 bits per heavy atom. The van der Waals surface area contributed by atoms with E-state index in [0.29, 0.717) is 17.2 Å². The monoisotopic (exact) mass is 390 g/mol. The first-order valence-electron chi connectivity index (χ1n) is 8.36. The predicted molar refractivity (Wildman–Crippen MR) is 100 cm³/mol. The fourth-order valence-corrected chi connectivity index (χ4v) is 2.45. The van der Waals surface area contributed by atoms with E-state index in [0.717, 1.165) is 0 Å². The van der Waals surface area contributed by atoms with E-state index in [4.69, 9.17) is 28.4 Å². The van der Waals surface area contributed by atoms with Crippen LogP contribution in [-0.4, -0.2) is 47.0 Å². The minimum atomic E-state index is -0.665. The van der Waals surface area contributed by atoms with Gasteiger partial charge in [0.1, 0.15) is 0 Å². The highest BCUT2D eigenvalue weighted by atomic mass is 16.6. The van der Waals surface area contributed by atoms with Gasteiger partial charge in [-0.25, -0.2) is 9.59 Å². The van der Waals surface area contributed by atoms with Crippen molar-refractivity contribution < 1.29 is 38.0 Å². The molecule has 28 heavy (non-hydrogen) atoms. The van der Waals surface area contributed by atoms with Gasteiger partial charge in [-0.1, -0.05) is 0 Å². The lowest BCUT2D eigenvalue weighted by atomic mass is 10.1. The van der Waals surface area contributed by atoms with Crippen LogP contribution in [0, 0.1) is 0 Å². The zero-order valence-electron chi connectivity index (χ0n) is 16.4. The second-order valence-electron chi connectivity index (χ2n) is 5.39. The van der Waals surface area contributed by atoms with Crippen molar-refractivity contribution in [1.29, 1.82) is 0 Å². The van der Waals surface area contributed by atoms with Gasteiger partial charge in [-0.2, -0.15) is 0 Å². The van der Waals surface area contributed by atoms with Crippen molar-refractivity contribution in [2.75, 3.05) is 35.0 Å². The van der Waals surface area contributed by atoms with Crippen LogP contribution in [0.3, 0.4) is 0 Å². The van der Waals surface area contributed by atoms with Crippen LogP contribution in [0.25, 0.3) is 0 Å². The topological polar surface area (TPSA) is 89.5 Å². The molecular weight excluding hydrogens is 368 g/mol. The second kappa shape index (κ2) is 9.50. The van der Waals surface area contributed by atoms with E-state index >= 15 is 0 Å². The van der Waals surface area contributed by atoms with E-state index in [1.165, 1.54) is 58.8 Å². The first kappa shape index (κ1) is 20.9. The lowest BCUT2D eigenvalue weighted by Gasteiger charge is -2.14. The molecule has 0 aliphatic rings. The third-order valence-electron chi connectivity index (χ3n) is 3.78. The summed E-state index contributed by atoms with van der Waals surface area (Å²) in [4.78, 5) is 24.5. The Kier molecular flexibility index (Phi) is 7.08. The molecule has 0 radical (unpaired) electrons. The van der Waals surface area contributed by atoms with Gasteiger partial charge in [0.05, 0.1) is 46.2 Å². The molecule has 8 heteroatoms. The van der Waals surface area contributed by atoms with Gasteiger partial charge in [0.15, 0.2) is 23.0 Å². The van der Waals surface area contributed by atoms with E-state index in [1.54, 1.807) is 6.92 Å². The van der Waals surface area contributed by atoms with Crippen LogP contribution in [0.2, 0.25) is 0 Å². The second-order valence-corrected chi connectivity index (χ2v) is 5.39. The number of ether oxygens (including phenoxy) is 6. The molecule has 2 rings (SSSR count). The molecule has 0 unspecified atom stereocenters. The van der Waals surface area contributed by atoms with Gasteiger partial charge in [0.25, 0.3) is 0 Å². The van der Waals surface area contributed by atoms with Crippen molar-refractivity contribution in [2.24, 2.45) is 0 Å². The number of methoxy groups -OCH3 is 4. The summed E-state index contributed by atoms with van der Waals surface area (Å²) in [7, 11) is 5.77. The summed E-state index contributed by atoms with van der Waals surface area (Å²) in [6.45, 7) is 1.96. The summed E-state index contributed by atoms with van der Waals surface area (Å²) in [5, 5.41) is 0. The summed E-state index contributed by atoms with van der Waals surface area (Å²) in [5.41, 5.74) is 0.470. The fourth-order valence-electron chi connectivity index (χ4n) is 2.45. The number of carbonyl (C=O) groups excluding carboxylic acids is 2. The van der Waals surface area contributed by atoms with Crippen molar-refractivity contribution in [3.63, 3.8) is 0 Å². The minimum absolute atomic E-state index is 0.148. The van der Waals surface area contributed by atoms with Gasteiger partial charge in [-0.05, 0) is 37.3 Å². The van der Waals surface area contributed by atoms with Crippen molar-refractivity contribution >= 4 is 11.9 Å². The predicted octanol–water partition coefficient (Wildman–Crippen LogP) is 3.12. The van der Waals surface area contributed by atoms with Crippen molar-refractivity contribution in [3.05, 3.63) is 41.5 Å². The molecule has 0 saturated carbocycles. The number of rotatable bonds is 8. The zero-order valence-corrected chi connectivity index (χ0v) is 16.4. The Hall–Kier alpha value is -3.42. The Labute approximate surface area is 162 Å². The molecule has 0 atom stereocenters. The number of hydrogen-bond donors (Lipinski definition) is 0. The van der Waals surface area contributed by atoms with Crippen LogP contribution < -0.4 is 23.7 Å². The van der Waals surface area contributed by atoms with Crippen LogP contribution in [0.1, 0.15) is 27.6 Å². The first-order chi connectivity index (χ1) is 13.5. The quantitative estimate of drug-likeness (QED) is 0.502. The van der Waals surface area contributed by atoms with Crippen LogP contribution in [-0.2, 0) is 4.74 Å². The third kappa shape index (κ3) is 4.46. The molecule has 0 spiro atoms. The molecule has 0 heterocycles. The van der Waals surface area contributed by atoms with Gasteiger partial charge in [0, 0.05) is 0 Å². The summed E-state index contributed by atoms with van der Waals surface area (Å²) in [6, 6.07) is 7.33. The molecular formula is C20H22O8. The van der Waals surface area contributed by atoms with E-state index in [9.17, 15) is 9.59 Å². The van der Waals surface area contributed by atoms with Crippen molar-refractivity contribution in [1.82, 2.24) is 0 Å². The highest BCUT2D eigenvalue weighted by Crippen LogP contribution is 2.38. The van der Waals surface area contributed by atoms with Crippen molar-refractivity contribution in [3.8, 4) is 28.7 Å². The molecule has 0 aliphatic carbocycles. The first-order valence-corrected chi connectivity index (χ1v) is 8.36. The van der Waals surface area contributed by atoms with Gasteiger partial charge in [-0.15, -0.1) is 0 Å². The molecule has 0 amide bonds. The van der Waals surface area contributed by atoms with Gasteiger partial charge in [-0.3, -0.25) is 0 Å². The smallest absolute Gasteiger partial charge is 0.343 e. The summed E-state index contributed by atoms with van der Waals surface area (Å²) >= 11 is 0. The van der Waals surface area contributed by atoms with E-state index < -0.39 is 11.9 Å². The maximum atomic E-state index is 12.6. The Morgan fingerprint density at radius 3 is 1.79 bits per heavy atom. The van der Waals surface area contributed by atoms with E-state index in [1.807, 2.05) is 0 Å². The van der Waals surface area contributed by atoms with Gasteiger partial charge >= 0.3 is 11.9 Å². The van der Waals surface area contributed by atoms with E-state index in [2.05, 4.69) is 0 Å². The Balaban J connectivity index is 2.33. The summed E-state index contributed by atoms with van der Waals surface area (Å²) in [6.07, 6.45) is 0. The molecule has 0 aromatic heterocycles. The maximum absolute atomic E-state index is 12.6. The maximum Gasteiger partial charge on any atom is 0.343 e. The van der Waals surface area contributed by atoms with Crippen LogP contribution in [0.4, 0.5) is 0 Å². The minimum Gasteiger partial charge on any atom is -0.493 e. The molecule has 0 saturated heterocycles. The molecule has 150 valence electrons. The number of carbonyl (C=O) groups is 2. The lowest BCUT2D eigenvalue weighted by molar-refractivity contribution is 0.0526. The van der Waals surface area contributed by atoms with Crippen LogP contribution in [0.15, 0.2) is 30.3 Å². The molecule has 0 N–H and O–H groups in total.